The number of pyridine rings is 1. The third kappa shape index (κ3) is 3.17. The topological polar surface area (TPSA) is 34.6 Å². The lowest BCUT2D eigenvalue weighted by Crippen LogP contribution is -2.45. The molecular weight excluding hydrogens is 300 g/mol. The van der Waals surface area contributed by atoms with Gasteiger partial charge in [-0.1, -0.05) is 18.2 Å². The van der Waals surface area contributed by atoms with E-state index in [1.807, 2.05) is 12.3 Å². The average molecular weight is 324 g/mol. The Morgan fingerprint density at radius 3 is 2.67 bits per heavy atom. The molecule has 0 spiro atoms. The summed E-state index contributed by atoms with van der Waals surface area (Å²) in [6, 6.07) is 11.5. The molecule has 0 amide bonds. The second kappa shape index (κ2) is 6.91. The number of nitrogens with zero attached hydrogens (tertiary/aromatic N) is 2. The van der Waals surface area contributed by atoms with E-state index >= 15 is 0 Å². The third-order valence-corrected chi connectivity index (χ3v) is 5.25. The van der Waals surface area contributed by atoms with Crippen LogP contribution in [0.5, 0.6) is 5.88 Å². The van der Waals surface area contributed by atoms with Crippen LogP contribution < -0.4 is 4.74 Å². The van der Waals surface area contributed by atoms with Gasteiger partial charge in [-0.15, -0.1) is 0 Å². The van der Waals surface area contributed by atoms with Crippen molar-refractivity contribution in [2.75, 3.05) is 33.4 Å². The van der Waals surface area contributed by atoms with E-state index in [0.717, 1.165) is 44.7 Å². The number of methoxy groups -OCH3 is 1. The molecule has 126 valence electrons. The Labute approximate surface area is 143 Å². The van der Waals surface area contributed by atoms with E-state index in [1.165, 1.54) is 23.1 Å². The fraction of sp³-hybridized carbons (Fsp3) is 0.450. The van der Waals surface area contributed by atoms with Gasteiger partial charge in [-0.05, 0) is 42.0 Å². The van der Waals surface area contributed by atoms with Crippen LogP contribution in [-0.2, 0) is 17.6 Å². The second-order valence-corrected chi connectivity index (χ2v) is 6.62. The minimum absolute atomic E-state index is 0.657. The Morgan fingerprint density at radius 1 is 1.08 bits per heavy atom. The summed E-state index contributed by atoms with van der Waals surface area (Å²) in [6.45, 7) is 3.92. The first-order valence-corrected chi connectivity index (χ1v) is 8.77. The monoisotopic (exact) mass is 324 g/mol. The van der Waals surface area contributed by atoms with Crippen molar-refractivity contribution < 1.29 is 9.47 Å². The predicted molar refractivity (Wildman–Crippen MR) is 94.4 cm³/mol. The molecule has 2 aromatic rings. The Bertz CT molecular complexity index is 693. The second-order valence-electron chi connectivity index (χ2n) is 6.62. The molecule has 1 atom stereocenters. The molecular formula is C20H24N2O2. The predicted octanol–water partition coefficient (Wildman–Crippen LogP) is 2.95. The lowest BCUT2D eigenvalue weighted by atomic mass is 9.85. The SMILES string of the molecule is COc1ccc(-c2ccc3c(c2)CCC(N2CCOCC2)C3)cn1. The number of aromatic nitrogens is 1. The van der Waals surface area contributed by atoms with Gasteiger partial charge in [0, 0.05) is 37.0 Å². The van der Waals surface area contributed by atoms with Crippen molar-refractivity contribution in [1.29, 1.82) is 0 Å². The molecule has 1 fully saturated rings. The summed E-state index contributed by atoms with van der Waals surface area (Å²) in [6.07, 6.45) is 5.46. The number of benzene rings is 1. The largest absolute Gasteiger partial charge is 0.481 e. The first kappa shape index (κ1) is 15.6. The third-order valence-electron chi connectivity index (χ3n) is 5.25. The van der Waals surface area contributed by atoms with Crippen LogP contribution >= 0.6 is 0 Å². The van der Waals surface area contributed by atoms with Gasteiger partial charge in [0.05, 0.1) is 20.3 Å². The summed E-state index contributed by atoms with van der Waals surface area (Å²) < 4.78 is 10.6. The zero-order chi connectivity index (χ0) is 16.4. The van der Waals surface area contributed by atoms with Gasteiger partial charge in [-0.25, -0.2) is 4.98 Å². The van der Waals surface area contributed by atoms with Crippen molar-refractivity contribution in [3.63, 3.8) is 0 Å². The standard InChI is InChI=1S/C20H24N2O2/c1-23-20-7-5-18(14-21-20)16-2-3-17-13-19(6-4-15(17)12-16)22-8-10-24-11-9-22/h2-3,5,7,12,14,19H,4,6,8-11,13H2,1H3. The number of hydrogen-bond donors (Lipinski definition) is 0. The molecule has 0 N–H and O–H groups in total. The van der Waals surface area contributed by atoms with E-state index < -0.39 is 0 Å². The van der Waals surface area contributed by atoms with Crippen molar-refractivity contribution >= 4 is 0 Å². The van der Waals surface area contributed by atoms with Gasteiger partial charge in [0.15, 0.2) is 0 Å². The van der Waals surface area contributed by atoms with Gasteiger partial charge in [0.1, 0.15) is 0 Å². The number of hydrogen-bond acceptors (Lipinski definition) is 4. The summed E-state index contributed by atoms with van der Waals surface area (Å²) in [7, 11) is 1.64. The highest BCUT2D eigenvalue weighted by Gasteiger charge is 2.25. The van der Waals surface area contributed by atoms with E-state index in [2.05, 4.69) is 34.1 Å². The molecule has 2 aliphatic rings. The zero-order valence-corrected chi connectivity index (χ0v) is 14.2. The van der Waals surface area contributed by atoms with Crippen LogP contribution in [0.15, 0.2) is 36.5 Å². The van der Waals surface area contributed by atoms with Crippen LogP contribution in [0.25, 0.3) is 11.1 Å². The highest BCUT2D eigenvalue weighted by atomic mass is 16.5. The molecule has 4 nitrogen and oxygen atoms in total. The fourth-order valence-corrected chi connectivity index (χ4v) is 3.84. The number of fused-ring (bicyclic) bond motifs is 1. The zero-order valence-electron chi connectivity index (χ0n) is 14.2. The lowest BCUT2D eigenvalue weighted by Gasteiger charge is -2.37. The Hall–Kier alpha value is -1.91. The summed E-state index contributed by atoms with van der Waals surface area (Å²) in [5, 5.41) is 0. The molecule has 1 aromatic carbocycles. The first-order valence-electron chi connectivity index (χ1n) is 8.77. The maximum atomic E-state index is 5.48. The quantitative estimate of drug-likeness (QED) is 0.869. The van der Waals surface area contributed by atoms with E-state index in [4.69, 9.17) is 9.47 Å². The number of ether oxygens (including phenoxy) is 2. The van der Waals surface area contributed by atoms with Crippen molar-refractivity contribution in [3.8, 4) is 17.0 Å². The molecule has 2 heterocycles. The molecule has 4 rings (SSSR count). The first-order chi connectivity index (χ1) is 11.8. The maximum absolute atomic E-state index is 5.48. The fourth-order valence-electron chi connectivity index (χ4n) is 3.84. The molecule has 1 saturated heterocycles. The van der Waals surface area contributed by atoms with E-state index in [1.54, 1.807) is 7.11 Å². The molecule has 1 aliphatic carbocycles. The van der Waals surface area contributed by atoms with Crippen LogP contribution in [0.3, 0.4) is 0 Å². The molecule has 4 heteroatoms. The Morgan fingerprint density at radius 2 is 1.92 bits per heavy atom. The van der Waals surface area contributed by atoms with Gasteiger partial charge in [-0.3, -0.25) is 4.90 Å². The van der Waals surface area contributed by atoms with Crippen LogP contribution in [0.2, 0.25) is 0 Å². The van der Waals surface area contributed by atoms with E-state index in [-0.39, 0.29) is 0 Å². The average Bonchev–Trinajstić information content (AvgIpc) is 2.68. The van der Waals surface area contributed by atoms with Crippen molar-refractivity contribution in [2.24, 2.45) is 0 Å². The number of rotatable bonds is 3. The normalized spacial score (nSPS) is 21.3. The maximum Gasteiger partial charge on any atom is 0.212 e. The lowest BCUT2D eigenvalue weighted by molar-refractivity contribution is 0.0137. The van der Waals surface area contributed by atoms with Crippen LogP contribution in [-0.4, -0.2) is 49.3 Å². The summed E-state index contributed by atoms with van der Waals surface area (Å²) >= 11 is 0. The van der Waals surface area contributed by atoms with Gasteiger partial charge in [0.2, 0.25) is 5.88 Å². The molecule has 0 bridgehead atoms. The van der Waals surface area contributed by atoms with Crippen molar-refractivity contribution in [3.05, 3.63) is 47.7 Å². The highest BCUT2D eigenvalue weighted by molar-refractivity contribution is 5.64. The van der Waals surface area contributed by atoms with Gasteiger partial charge in [-0.2, -0.15) is 0 Å². The molecule has 0 saturated carbocycles. The summed E-state index contributed by atoms with van der Waals surface area (Å²) in [5.74, 6) is 0.657. The molecule has 24 heavy (non-hydrogen) atoms. The van der Waals surface area contributed by atoms with Crippen LogP contribution in [0.1, 0.15) is 17.5 Å². The minimum Gasteiger partial charge on any atom is -0.481 e. The van der Waals surface area contributed by atoms with Gasteiger partial charge in [0.25, 0.3) is 0 Å². The van der Waals surface area contributed by atoms with Crippen molar-refractivity contribution in [2.45, 2.75) is 25.3 Å². The van der Waals surface area contributed by atoms with E-state index in [0.29, 0.717) is 11.9 Å². The highest BCUT2D eigenvalue weighted by Crippen LogP contribution is 2.29. The van der Waals surface area contributed by atoms with Gasteiger partial charge < -0.3 is 9.47 Å². The Balaban J connectivity index is 1.52. The van der Waals surface area contributed by atoms with Crippen LogP contribution in [0.4, 0.5) is 0 Å². The molecule has 1 aliphatic heterocycles. The number of aryl methyl sites for hydroxylation is 1. The van der Waals surface area contributed by atoms with Gasteiger partial charge >= 0.3 is 0 Å². The molecule has 1 unspecified atom stereocenters. The smallest absolute Gasteiger partial charge is 0.212 e. The van der Waals surface area contributed by atoms with Crippen LogP contribution in [0, 0.1) is 0 Å². The molecule has 0 radical (unpaired) electrons. The van der Waals surface area contributed by atoms with Crippen molar-refractivity contribution in [1.82, 2.24) is 9.88 Å². The number of morpholine rings is 1. The van der Waals surface area contributed by atoms with E-state index in [9.17, 15) is 0 Å². The minimum atomic E-state index is 0.657. The summed E-state index contributed by atoms with van der Waals surface area (Å²) in [5.41, 5.74) is 5.39. The Kier molecular flexibility index (Phi) is 4.50. The summed E-state index contributed by atoms with van der Waals surface area (Å²) in [4.78, 5) is 6.92. The molecule has 1 aromatic heterocycles.